The second-order valence-corrected chi connectivity index (χ2v) is 6.54. The normalized spacial score (nSPS) is 16.3. The van der Waals surface area contributed by atoms with Gasteiger partial charge in [0.05, 0.1) is 24.5 Å². The zero-order valence-electron chi connectivity index (χ0n) is 11.8. The first-order chi connectivity index (χ1) is 9.52. The summed E-state index contributed by atoms with van der Waals surface area (Å²) >= 11 is 7.63. The Morgan fingerprint density at radius 1 is 1.33 bits per heavy atom. The fourth-order valence-electron chi connectivity index (χ4n) is 1.88. The van der Waals surface area contributed by atoms with Gasteiger partial charge in [-0.2, -0.15) is 0 Å². The van der Waals surface area contributed by atoms with Crippen LogP contribution >= 0.6 is 23.4 Å². The number of halogens is 2. The summed E-state index contributed by atoms with van der Waals surface area (Å²) in [7, 11) is 2.96. The van der Waals surface area contributed by atoms with Gasteiger partial charge in [0.15, 0.2) is 0 Å². The Hall–Kier alpha value is -0.910. The van der Waals surface area contributed by atoms with Crippen molar-refractivity contribution in [2.24, 2.45) is 0 Å². The van der Waals surface area contributed by atoms with Crippen LogP contribution in [0.3, 0.4) is 0 Å². The maximum Gasteiger partial charge on any atom is 0.325 e. The van der Waals surface area contributed by atoms with Gasteiger partial charge in [0, 0.05) is 0 Å². The molecule has 1 aromatic rings. The molecule has 0 spiro atoms. The predicted octanol–water partition coefficient (Wildman–Crippen LogP) is -1.75. The van der Waals surface area contributed by atoms with E-state index < -0.39 is 11.3 Å². The Morgan fingerprint density at radius 3 is 2.33 bits per heavy atom. The van der Waals surface area contributed by atoms with Gasteiger partial charge in [-0.25, -0.2) is 5.41 Å². The third kappa shape index (κ3) is 4.05. The zero-order chi connectivity index (χ0) is 14.8. The van der Waals surface area contributed by atoms with Crippen LogP contribution in [0.2, 0.25) is 0 Å². The summed E-state index contributed by atoms with van der Waals surface area (Å²) in [6.07, 6.45) is 1.72. The summed E-state index contributed by atoms with van der Waals surface area (Å²) in [4.78, 5) is 11.6. The van der Waals surface area contributed by atoms with Crippen molar-refractivity contribution in [2.75, 3.05) is 14.2 Å². The molecule has 7 heteroatoms. The van der Waals surface area contributed by atoms with Crippen LogP contribution in [0.5, 0.6) is 5.75 Å². The number of carbonyl (C=O) groups excluding carboxylic acids is 1. The topological polar surface area (TPSA) is 61.1 Å². The lowest BCUT2D eigenvalue weighted by Crippen LogP contribution is -3.00. The summed E-state index contributed by atoms with van der Waals surface area (Å²) in [5.41, 5.74) is 0.899. The molecule has 1 saturated carbocycles. The number of methoxy groups -OCH3 is 2. The minimum Gasteiger partial charge on any atom is -1.00 e. The largest absolute Gasteiger partial charge is 1.00 e. The third-order valence-electron chi connectivity index (χ3n) is 3.30. The fourth-order valence-corrected chi connectivity index (χ4v) is 3.52. The van der Waals surface area contributed by atoms with Gasteiger partial charge in [0.2, 0.25) is 5.04 Å². The zero-order valence-corrected chi connectivity index (χ0v) is 14.1. The lowest BCUT2D eigenvalue weighted by molar-refractivity contribution is -0.140. The molecule has 2 rings (SSSR count). The molecule has 1 aliphatic carbocycles. The highest BCUT2D eigenvalue weighted by Crippen LogP contribution is 2.53. The molecule has 0 heterocycles. The van der Waals surface area contributed by atoms with Crippen LogP contribution in [0, 0.1) is 0 Å². The molecule has 0 bridgehead atoms. The quantitative estimate of drug-likeness (QED) is 0.296. The fraction of sp³-hybridized carbons (Fsp3) is 0.429. The molecule has 116 valence electrons. The van der Waals surface area contributed by atoms with Crippen molar-refractivity contribution in [1.82, 2.24) is 0 Å². The Morgan fingerprint density at radius 2 is 1.90 bits per heavy atom. The molecule has 0 aliphatic heterocycles. The molecular formula is C14H17Cl2NO3S. The van der Waals surface area contributed by atoms with Crippen molar-refractivity contribution < 1.29 is 32.1 Å². The minimum absolute atomic E-state index is 0. The van der Waals surface area contributed by atoms with Gasteiger partial charge < -0.3 is 21.9 Å². The van der Waals surface area contributed by atoms with E-state index in [2.05, 4.69) is 0 Å². The number of rotatable bonds is 5. The highest BCUT2D eigenvalue weighted by molar-refractivity contribution is 8.15. The maximum absolute atomic E-state index is 11.6. The smallest absolute Gasteiger partial charge is 0.325 e. The molecule has 0 amide bonds. The third-order valence-corrected chi connectivity index (χ3v) is 5.53. The molecule has 0 radical (unpaired) electrons. The second kappa shape index (κ2) is 7.38. The van der Waals surface area contributed by atoms with Gasteiger partial charge in [-0.1, -0.05) is 0 Å². The Balaban J connectivity index is 0.00000220. The minimum atomic E-state index is -0.672. The Bertz CT molecular complexity index is 517. The number of benzene rings is 1. The molecule has 21 heavy (non-hydrogen) atoms. The van der Waals surface area contributed by atoms with E-state index in [1.54, 1.807) is 7.11 Å². The van der Waals surface area contributed by atoms with Crippen LogP contribution in [-0.2, 0) is 9.53 Å². The molecule has 1 aliphatic rings. The van der Waals surface area contributed by atoms with Crippen LogP contribution in [0.1, 0.15) is 18.4 Å². The first-order valence-electron chi connectivity index (χ1n) is 6.20. The first kappa shape index (κ1) is 18.1. The lowest BCUT2D eigenvalue weighted by atomic mass is 10.2. The lowest BCUT2D eigenvalue weighted by Gasteiger charge is -2.17. The van der Waals surface area contributed by atoms with E-state index in [0.717, 1.165) is 24.2 Å². The Labute approximate surface area is 139 Å². The van der Waals surface area contributed by atoms with Crippen molar-refractivity contribution >= 4 is 34.4 Å². The average molecular weight is 350 g/mol. The van der Waals surface area contributed by atoms with E-state index in [9.17, 15) is 4.79 Å². The van der Waals surface area contributed by atoms with Crippen LogP contribution in [0.15, 0.2) is 24.3 Å². The van der Waals surface area contributed by atoms with E-state index in [0.29, 0.717) is 5.04 Å². The van der Waals surface area contributed by atoms with Crippen molar-refractivity contribution in [3.05, 3.63) is 29.8 Å². The van der Waals surface area contributed by atoms with Crippen molar-refractivity contribution in [3.63, 3.8) is 0 Å². The molecule has 1 atom stereocenters. The van der Waals surface area contributed by atoms with E-state index in [1.165, 1.54) is 18.9 Å². The predicted molar refractivity (Wildman–Crippen MR) is 80.2 cm³/mol. The highest BCUT2D eigenvalue weighted by Gasteiger charge is 2.55. The monoisotopic (exact) mass is 349 g/mol. The van der Waals surface area contributed by atoms with Crippen LogP contribution < -0.4 is 22.6 Å². The van der Waals surface area contributed by atoms with Gasteiger partial charge in [0.1, 0.15) is 11.1 Å². The van der Waals surface area contributed by atoms with Crippen molar-refractivity contribution in [3.8, 4) is 5.75 Å². The molecule has 0 aromatic heterocycles. The van der Waals surface area contributed by atoms with Crippen LogP contribution in [-0.4, -0.2) is 35.4 Å². The van der Waals surface area contributed by atoms with Gasteiger partial charge in [-0.05, 0) is 48.9 Å². The average Bonchev–Trinajstić information content (AvgIpc) is 3.26. The molecule has 4 nitrogen and oxygen atoms in total. The van der Waals surface area contributed by atoms with Gasteiger partial charge in [-0.15, -0.1) is 11.6 Å². The maximum atomic E-state index is 11.6. The summed E-state index contributed by atoms with van der Waals surface area (Å²) in [5.74, 6) is 0.372. The van der Waals surface area contributed by atoms with Crippen LogP contribution in [0.4, 0.5) is 0 Å². The SMILES string of the molecule is COC(=O)C(Cl)C1(SC(=[NH2+])c2ccc(OC)cc2)CC1.[Cl-]. The number of carbonyl (C=O) groups is 1. The molecule has 1 unspecified atom stereocenters. The highest BCUT2D eigenvalue weighted by atomic mass is 35.5. The van der Waals surface area contributed by atoms with E-state index in [4.69, 9.17) is 26.5 Å². The number of nitrogens with two attached hydrogens (primary N) is 1. The van der Waals surface area contributed by atoms with Crippen LogP contribution in [0.25, 0.3) is 0 Å². The Kier molecular flexibility index (Phi) is 6.38. The van der Waals surface area contributed by atoms with E-state index >= 15 is 0 Å². The van der Waals surface area contributed by atoms with E-state index in [-0.39, 0.29) is 17.2 Å². The van der Waals surface area contributed by atoms with Crippen molar-refractivity contribution in [1.29, 1.82) is 0 Å². The summed E-state index contributed by atoms with van der Waals surface area (Å²) in [5, 5.41) is 6.10. The summed E-state index contributed by atoms with van der Waals surface area (Å²) in [6.45, 7) is 0. The molecule has 2 N–H and O–H groups in total. The number of alkyl halides is 1. The molecule has 0 saturated heterocycles. The second-order valence-electron chi connectivity index (χ2n) is 4.65. The van der Waals surface area contributed by atoms with Crippen molar-refractivity contribution in [2.45, 2.75) is 23.0 Å². The van der Waals surface area contributed by atoms with Gasteiger partial charge >= 0.3 is 5.97 Å². The standard InChI is InChI=1S/C14H16ClNO3S.ClH/c1-18-10-5-3-9(4-6-10)12(16)20-14(7-8-14)11(15)13(17)19-2;/h3-6,11,16H,7-8H2,1-2H3;1H. The van der Waals surface area contributed by atoms with Gasteiger partial charge in [0.25, 0.3) is 0 Å². The first-order valence-corrected chi connectivity index (χ1v) is 7.45. The van der Waals surface area contributed by atoms with E-state index in [1.807, 2.05) is 24.3 Å². The number of ether oxygens (including phenoxy) is 2. The molecule has 1 aromatic carbocycles. The summed E-state index contributed by atoms with van der Waals surface area (Å²) < 4.78 is 9.48. The molecular weight excluding hydrogens is 333 g/mol. The molecule has 1 fully saturated rings. The number of thioether (sulfide) groups is 1. The summed E-state index contributed by atoms with van der Waals surface area (Å²) in [6, 6.07) is 7.47. The number of hydrogen-bond acceptors (Lipinski definition) is 4. The van der Waals surface area contributed by atoms with Gasteiger partial charge in [-0.3, -0.25) is 4.79 Å². The number of hydrogen-bond donors (Lipinski definition) is 1. The number of esters is 1.